The van der Waals surface area contributed by atoms with Gasteiger partial charge in [-0.1, -0.05) is 0 Å². The van der Waals surface area contributed by atoms with Crippen LogP contribution in [0.1, 0.15) is 24.3 Å². The van der Waals surface area contributed by atoms with Crippen LogP contribution in [0.3, 0.4) is 0 Å². The lowest BCUT2D eigenvalue weighted by molar-refractivity contribution is -0.129. The maximum absolute atomic E-state index is 11.0. The minimum absolute atomic E-state index is 0.0702. The van der Waals surface area contributed by atoms with Crippen molar-refractivity contribution in [2.75, 3.05) is 0 Å². The van der Waals surface area contributed by atoms with Crippen LogP contribution < -0.4 is 0 Å². The fourth-order valence-corrected chi connectivity index (χ4v) is 1.39. The zero-order chi connectivity index (χ0) is 8.72. The molecule has 12 heavy (non-hydrogen) atoms. The Kier molecular flexibility index (Phi) is 1.43. The quantitative estimate of drug-likeness (QED) is 0.573. The van der Waals surface area contributed by atoms with Crippen LogP contribution in [0.2, 0.25) is 0 Å². The molecule has 0 unspecified atom stereocenters. The highest BCUT2D eigenvalue weighted by molar-refractivity contribution is 5.73. The summed E-state index contributed by atoms with van der Waals surface area (Å²) in [7, 11) is 0. The Morgan fingerprint density at radius 1 is 1.58 bits per heavy atom. The molecule has 0 bridgehead atoms. The Morgan fingerprint density at radius 3 is 2.92 bits per heavy atom. The van der Waals surface area contributed by atoms with Crippen molar-refractivity contribution in [3.8, 4) is 0 Å². The summed E-state index contributed by atoms with van der Waals surface area (Å²) in [4.78, 5) is 16.8. The lowest BCUT2D eigenvalue weighted by Gasteiger charge is -2.10. The third-order valence-electron chi connectivity index (χ3n) is 2.01. The van der Waals surface area contributed by atoms with E-state index in [2.05, 4.69) is 4.98 Å². The summed E-state index contributed by atoms with van der Waals surface area (Å²) in [6.45, 7) is 4.54. The first kappa shape index (κ1) is 7.34. The first-order chi connectivity index (χ1) is 5.66. The van der Waals surface area contributed by atoms with Gasteiger partial charge in [-0.05, 0) is 0 Å². The third kappa shape index (κ3) is 0.995. The van der Waals surface area contributed by atoms with Crippen molar-refractivity contribution < 1.29 is 9.21 Å². The van der Waals surface area contributed by atoms with E-state index in [1.54, 1.807) is 11.8 Å². The number of amides is 1. The predicted molar refractivity (Wildman–Crippen MR) is 41.2 cm³/mol. The van der Waals surface area contributed by atoms with E-state index in [0.29, 0.717) is 19.0 Å². The van der Waals surface area contributed by atoms with E-state index in [1.165, 1.54) is 0 Å². The minimum atomic E-state index is 0.0702. The summed E-state index contributed by atoms with van der Waals surface area (Å²) in [6, 6.07) is 0. The molecule has 64 valence electrons. The largest absolute Gasteiger partial charge is 0.444 e. The van der Waals surface area contributed by atoms with E-state index < -0.39 is 0 Å². The van der Waals surface area contributed by atoms with Crippen LogP contribution in [0.4, 0.5) is 0 Å². The monoisotopic (exact) mass is 166 g/mol. The van der Waals surface area contributed by atoms with Crippen LogP contribution in [0.5, 0.6) is 0 Å². The Balaban J connectivity index is 2.24. The maximum atomic E-state index is 11.0. The summed E-state index contributed by atoms with van der Waals surface area (Å²) < 4.78 is 5.30. The van der Waals surface area contributed by atoms with Gasteiger partial charge in [-0.25, -0.2) is 4.98 Å². The molecule has 0 radical (unpaired) electrons. The lowest BCUT2D eigenvalue weighted by Crippen LogP contribution is -2.22. The van der Waals surface area contributed by atoms with Gasteiger partial charge in [0.1, 0.15) is 11.5 Å². The summed E-state index contributed by atoms with van der Waals surface area (Å²) in [5.74, 6) is 1.59. The zero-order valence-corrected chi connectivity index (χ0v) is 7.13. The van der Waals surface area contributed by atoms with E-state index >= 15 is 0 Å². The van der Waals surface area contributed by atoms with Gasteiger partial charge in [0, 0.05) is 13.8 Å². The van der Waals surface area contributed by atoms with Crippen LogP contribution in [0.25, 0.3) is 0 Å². The second kappa shape index (κ2) is 2.33. The molecule has 1 aromatic heterocycles. The topological polar surface area (TPSA) is 46.3 Å². The Bertz CT molecular complexity index is 306. The maximum Gasteiger partial charge on any atom is 0.220 e. The molecule has 1 aliphatic rings. The zero-order valence-electron chi connectivity index (χ0n) is 7.13. The Hall–Kier alpha value is -1.32. The number of aryl methyl sites for hydroxylation is 1. The molecule has 4 heteroatoms. The molecule has 0 aliphatic carbocycles. The number of oxazole rings is 1. The van der Waals surface area contributed by atoms with E-state index in [0.717, 1.165) is 11.5 Å². The van der Waals surface area contributed by atoms with Gasteiger partial charge in [0.2, 0.25) is 5.91 Å². The van der Waals surface area contributed by atoms with Gasteiger partial charge in [0.05, 0.1) is 13.1 Å². The average Bonchev–Trinajstić information content (AvgIpc) is 2.42. The van der Waals surface area contributed by atoms with Crippen molar-refractivity contribution in [1.29, 1.82) is 0 Å². The van der Waals surface area contributed by atoms with E-state index in [9.17, 15) is 4.79 Å². The van der Waals surface area contributed by atoms with Gasteiger partial charge < -0.3 is 9.32 Å². The summed E-state index contributed by atoms with van der Waals surface area (Å²) in [5.41, 5.74) is 0.905. The second-order valence-corrected chi connectivity index (χ2v) is 2.98. The number of fused-ring (bicyclic) bond motifs is 1. The van der Waals surface area contributed by atoms with E-state index in [4.69, 9.17) is 4.42 Å². The lowest BCUT2D eigenvalue weighted by atomic mass is 10.4. The third-order valence-corrected chi connectivity index (χ3v) is 2.01. The van der Waals surface area contributed by atoms with Crippen molar-refractivity contribution in [2.24, 2.45) is 0 Å². The van der Waals surface area contributed by atoms with Gasteiger partial charge in [-0.15, -0.1) is 0 Å². The van der Waals surface area contributed by atoms with E-state index in [-0.39, 0.29) is 5.91 Å². The summed E-state index contributed by atoms with van der Waals surface area (Å²) in [5, 5.41) is 0. The fourth-order valence-electron chi connectivity index (χ4n) is 1.39. The molecule has 0 atom stereocenters. The molecule has 2 rings (SSSR count). The van der Waals surface area contributed by atoms with Crippen molar-refractivity contribution in [1.82, 2.24) is 9.88 Å². The van der Waals surface area contributed by atoms with Gasteiger partial charge in [0.15, 0.2) is 5.89 Å². The van der Waals surface area contributed by atoms with Crippen LogP contribution in [-0.2, 0) is 17.9 Å². The van der Waals surface area contributed by atoms with Gasteiger partial charge in [0.25, 0.3) is 0 Å². The molecule has 0 saturated carbocycles. The molecule has 0 fully saturated rings. The van der Waals surface area contributed by atoms with Crippen LogP contribution in [0.15, 0.2) is 4.42 Å². The molecule has 1 amide bonds. The molecule has 1 aromatic rings. The molecule has 0 N–H and O–H groups in total. The smallest absolute Gasteiger partial charge is 0.220 e. The highest BCUT2D eigenvalue weighted by atomic mass is 16.4. The van der Waals surface area contributed by atoms with Crippen molar-refractivity contribution >= 4 is 5.91 Å². The van der Waals surface area contributed by atoms with Crippen LogP contribution in [-0.4, -0.2) is 15.8 Å². The highest BCUT2D eigenvalue weighted by Crippen LogP contribution is 2.22. The fraction of sp³-hybridized carbons (Fsp3) is 0.500. The number of hydrogen-bond acceptors (Lipinski definition) is 3. The predicted octanol–water partition coefficient (Wildman–Crippen LogP) is 0.845. The Labute approximate surface area is 70.2 Å². The number of carbonyl (C=O) groups excluding carboxylic acids is 1. The molecule has 0 saturated heterocycles. The molecular formula is C8H10N2O2. The SMILES string of the molecule is CC(=O)N1Cc2nc(C)oc2C1. The van der Waals surface area contributed by atoms with Crippen molar-refractivity contribution in [3.63, 3.8) is 0 Å². The van der Waals surface area contributed by atoms with E-state index in [1.807, 2.05) is 6.92 Å². The normalized spacial score (nSPS) is 15.0. The average molecular weight is 166 g/mol. The van der Waals surface area contributed by atoms with Crippen molar-refractivity contribution in [2.45, 2.75) is 26.9 Å². The van der Waals surface area contributed by atoms with Gasteiger partial charge in [-0.2, -0.15) is 0 Å². The molecule has 4 nitrogen and oxygen atoms in total. The van der Waals surface area contributed by atoms with Gasteiger partial charge >= 0.3 is 0 Å². The molecule has 2 heterocycles. The first-order valence-electron chi connectivity index (χ1n) is 3.87. The Morgan fingerprint density at radius 2 is 2.33 bits per heavy atom. The van der Waals surface area contributed by atoms with Gasteiger partial charge in [-0.3, -0.25) is 4.79 Å². The van der Waals surface area contributed by atoms with Crippen LogP contribution in [0, 0.1) is 6.92 Å². The summed E-state index contributed by atoms with van der Waals surface area (Å²) in [6.07, 6.45) is 0. The highest BCUT2D eigenvalue weighted by Gasteiger charge is 2.25. The van der Waals surface area contributed by atoms with Crippen LogP contribution >= 0.6 is 0 Å². The molecule has 0 aromatic carbocycles. The standard InChI is InChI=1S/C8H10N2O2/c1-5-9-7-3-10(6(2)11)4-8(7)12-5/h3-4H2,1-2H3. The summed E-state index contributed by atoms with van der Waals surface area (Å²) >= 11 is 0. The minimum Gasteiger partial charge on any atom is -0.444 e. The molecule has 0 spiro atoms. The first-order valence-corrected chi connectivity index (χ1v) is 3.87. The molecule has 1 aliphatic heterocycles. The number of aromatic nitrogens is 1. The second-order valence-electron chi connectivity index (χ2n) is 2.98. The molecular weight excluding hydrogens is 156 g/mol. The number of nitrogens with zero attached hydrogens (tertiary/aromatic N) is 2. The van der Waals surface area contributed by atoms with Crippen molar-refractivity contribution in [3.05, 3.63) is 17.3 Å². The number of carbonyl (C=O) groups is 1. The number of hydrogen-bond donors (Lipinski definition) is 0. The number of rotatable bonds is 0.